The lowest BCUT2D eigenvalue weighted by Crippen LogP contribution is -2.25. The van der Waals surface area contributed by atoms with E-state index in [1.54, 1.807) is 12.1 Å². The molecule has 0 unspecified atom stereocenters. The summed E-state index contributed by atoms with van der Waals surface area (Å²) >= 11 is 11.5. The quantitative estimate of drug-likeness (QED) is 0.846. The summed E-state index contributed by atoms with van der Waals surface area (Å²) in [6, 6.07) is 4.56. The van der Waals surface area contributed by atoms with E-state index in [0.29, 0.717) is 10.5 Å². The Morgan fingerprint density at radius 1 is 1.41 bits per heavy atom. The zero-order chi connectivity index (χ0) is 12.6. The van der Waals surface area contributed by atoms with Crippen LogP contribution in [0, 0.1) is 0 Å². The Bertz CT molecular complexity index is 666. The lowest BCUT2D eigenvalue weighted by molar-refractivity contribution is -0.137. The van der Waals surface area contributed by atoms with E-state index in [4.69, 9.17) is 28.3 Å². The topological polar surface area (TPSA) is 72.2 Å². The molecule has 0 saturated carbocycles. The molecule has 0 aliphatic rings. The smallest absolute Gasteiger partial charge is 0.323 e. The van der Waals surface area contributed by atoms with Gasteiger partial charge in [0.15, 0.2) is 0 Å². The number of aliphatic carboxylic acids is 1. The van der Waals surface area contributed by atoms with E-state index in [1.165, 1.54) is 6.07 Å². The predicted molar refractivity (Wildman–Crippen MR) is 63.7 cm³/mol. The Balaban J connectivity index is 2.78. The maximum atomic E-state index is 12.0. The van der Waals surface area contributed by atoms with E-state index in [0.717, 1.165) is 4.57 Å². The van der Waals surface area contributed by atoms with E-state index < -0.39 is 18.1 Å². The van der Waals surface area contributed by atoms with Crippen LogP contribution in [0.1, 0.15) is 0 Å². The maximum Gasteiger partial charge on any atom is 0.323 e. The van der Waals surface area contributed by atoms with Crippen LogP contribution in [0.25, 0.3) is 10.9 Å². The van der Waals surface area contributed by atoms with Crippen molar-refractivity contribution in [3.05, 3.63) is 38.9 Å². The van der Waals surface area contributed by atoms with Crippen molar-refractivity contribution in [3.63, 3.8) is 0 Å². The molecule has 1 aromatic carbocycles. The van der Waals surface area contributed by atoms with Crippen LogP contribution in [0.15, 0.2) is 23.0 Å². The van der Waals surface area contributed by atoms with Crippen molar-refractivity contribution in [2.24, 2.45) is 0 Å². The van der Waals surface area contributed by atoms with E-state index in [2.05, 4.69) is 4.98 Å². The lowest BCUT2D eigenvalue weighted by Gasteiger charge is -2.06. The first-order chi connectivity index (χ1) is 7.99. The van der Waals surface area contributed by atoms with Gasteiger partial charge in [-0.2, -0.15) is 0 Å². The number of nitrogens with zero attached hydrogens (tertiary/aromatic N) is 2. The fraction of sp³-hybridized carbons (Fsp3) is 0.100. The molecule has 0 radical (unpaired) electrons. The SMILES string of the molecule is O=C(O)Cn1c(Cl)nc2ccc(Cl)cc2c1=O. The summed E-state index contributed by atoms with van der Waals surface area (Å²) in [6.07, 6.45) is 0. The van der Waals surface area contributed by atoms with Crippen LogP contribution in [0.4, 0.5) is 0 Å². The number of carboxylic acids is 1. The van der Waals surface area contributed by atoms with Crippen molar-refractivity contribution in [2.45, 2.75) is 6.54 Å². The summed E-state index contributed by atoms with van der Waals surface area (Å²) in [5, 5.41) is 9.12. The molecule has 0 bridgehead atoms. The summed E-state index contributed by atoms with van der Waals surface area (Å²) in [5.41, 5.74) is -0.143. The summed E-state index contributed by atoms with van der Waals surface area (Å²) in [5.74, 6) is -1.17. The molecule has 2 aromatic rings. The highest BCUT2D eigenvalue weighted by Crippen LogP contribution is 2.16. The molecule has 0 fully saturated rings. The highest BCUT2D eigenvalue weighted by molar-refractivity contribution is 6.31. The summed E-state index contributed by atoms with van der Waals surface area (Å²) in [6.45, 7) is -0.535. The van der Waals surface area contributed by atoms with Crippen LogP contribution in [-0.2, 0) is 11.3 Å². The lowest BCUT2D eigenvalue weighted by atomic mass is 10.2. The Morgan fingerprint density at radius 2 is 2.12 bits per heavy atom. The van der Waals surface area contributed by atoms with Gasteiger partial charge < -0.3 is 5.11 Å². The standard InChI is InChI=1S/C10H6Cl2N2O3/c11-5-1-2-7-6(3-5)9(17)14(4-8(15)16)10(12)13-7/h1-3H,4H2,(H,15,16). The van der Waals surface area contributed by atoms with Crippen LogP contribution >= 0.6 is 23.2 Å². The van der Waals surface area contributed by atoms with Gasteiger partial charge in [-0.3, -0.25) is 14.2 Å². The first-order valence-electron chi connectivity index (χ1n) is 4.56. The van der Waals surface area contributed by atoms with Crippen LogP contribution in [0.3, 0.4) is 0 Å². The van der Waals surface area contributed by atoms with E-state index in [1.807, 2.05) is 0 Å². The van der Waals surface area contributed by atoms with Gasteiger partial charge in [-0.05, 0) is 29.8 Å². The maximum absolute atomic E-state index is 12.0. The number of hydrogen-bond acceptors (Lipinski definition) is 3. The van der Waals surface area contributed by atoms with Gasteiger partial charge in [0.1, 0.15) is 6.54 Å². The van der Waals surface area contributed by atoms with Gasteiger partial charge in [-0.25, -0.2) is 4.98 Å². The first-order valence-corrected chi connectivity index (χ1v) is 5.32. The third-order valence-corrected chi connectivity index (χ3v) is 2.69. The second kappa shape index (κ2) is 4.35. The number of fused-ring (bicyclic) bond motifs is 1. The Kier molecular flexibility index (Phi) is 3.04. The summed E-state index contributed by atoms with van der Waals surface area (Å²) < 4.78 is 0.878. The Hall–Kier alpha value is -1.59. The molecular weight excluding hydrogens is 267 g/mol. The highest BCUT2D eigenvalue weighted by atomic mass is 35.5. The largest absolute Gasteiger partial charge is 0.480 e. The number of halogens is 2. The molecule has 0 atom stereocenters. The number of rotatable bonds is 2. The average molecular weight is 273 g/mol. The van der Waals surface area contributed by atoms with Crippen molar-refractivity contribution < 1.29 is 9.90 Å². The van der Waals surface area contributed by atoms with Crippen molar-refractivity contribution in [1.82, 2.24) is 9.55 Å². The second-order valence-electron chi connectivity index (χ2n) is 3.33. The minimum absolute atomic E-state index is 0.160. The molecule has 1 aromatic heterocycles. The minimum atomic E-state index is -1.17. The van der Waals surface area contributed by atoms with Crippen LogP contribution in [0.2, 0.25) is 10.3 Å². The van der Waals surface area contributed by atoms with Gasteiger partial charge in [0.25, 0.3) is 5.56 Å². The van der Waals surface area contributed by atoms with Crippen molar-refractivity contribution >= 4 is 40.1 Å². The van der Waals surface area contributed by atoms with Gasteiger partial charge in [0.2, 0.25) is 5.28 Å². The molecule has 5 nitrogen and oxygen atoms in total. The van der Waals surface area contributed by atoms with Crippen molar-refractivity contribution in [1.29, 1.82) is 0 Å². The molecule has 88 valence electrons. The molecule has 7 heteroatoms. The van der Waals surface area contributed by atoms with Crippen LogP contribution < -0.4 is 5.56 Å². The molecule has 0 amide bonds. The number of hydrogen-bond donors (Lipinski definition) is 1. The molecule has 1 heterocycles. The number of carbonyl (C=O) groups is 1. The van der Waals surface area contributed by atoms with Crippen molar-refractivity contribution in [3.8, 4) is 0 Å². The molecule has 0 aliphatic carbocycles. The number of aromatic nitrogens is 2. The van der Waals surface area contributed by atoms with Gasteiger partial charge in [0.05, 0.1) is 10.9 Å². The highest BCUT2D eigenvalue weighted by Gasteiger charge is 2.12. The van der Waals surface area contributed by atoms with E-state index in [9.17, 15) is 9.59 Å². The van der Waals surface area contributed by atoms with E-state index in [-0.39, 0.29) is 10.7 Å². The Labute approximate surface area is 105 Å². The first kappa shape index (κ1) is 11.9. The summed E-state index contributed by atoms with van der Waals surface area (Å²) in [7, 11) is 0. The zero-order valence-corrected chi connectivity index (χ0v) is 9.87. The molecule has 0 spiro atoms. The third kappa shape index (κ3) is 2.25. The van der Waals surface area contributed by atoms with Gasteiger partial charge >= 0.3 is 5.97 Å². The molecule has 17 heavy (non-hydrogen) atoms. The Morgan fingerprint density at radius 3 is 2.76 bits per heavy atom. The molecule has 2 rings (SSSR count). The van der Waals surface area contributed by atoms with Crippen molar-refractivity contribution in [2.75, 3.05) is 0 Å². The fourth-order valence-corrected chi connectivity index (χ4v) is 1.84. The van der Waals surface area contributed by atoms with Gasteiger partial charge in [-0.15, -0.1) is 0 Å². The summed E-state index contributed by atoms with van der Waals surface area (Å²) in [4.78, 5) is 26.5. The molecular formula is C10H6Cl2N2O3. The molecule has 0 aliphatic heterocycles. The minimum Gasteiger partial charge on any atom is -0.480 e. The predicted octanol–water partition coefficient (Wildman–Crippen LogP) is 1.79. The second-order valence-corrected chi connectivity index (χ2v) is 4.10. The van der Waals surface area contributed by atoms with Crippen LogP contribution in [0.5, 0.6) is 0 Å². The van der Waals surface area contributed by atoms with Gasteiger partial charge in [-0.1, -0.05) is 11.6 Å². The monoisotopic (exact) mass is 272 g/mol. The number of benzene rings is 1. The fourth-order valence-electron chi connectivity index (χ4n) is 1.44. The van der Waals surface area contributed by atoms with Gasteiger partial charge in [0, 0.05) is 5.02 Å². The molecule has 0 saturated heterocycles. The zero-order valence-electron chi connectivity index (χ0n) is 8.35. The van der Waals surface area contributed by atoms with E-state index >= 15 is 0 Å². The third-order valence-electron chi connectivity index (χ3n) is 2.16. The number of carboxylic acid groups (broad SMARTS) is 1. The average Bonchev–Trinajstić information content (AvgIpc) is 2.25. The van der Waals surface area contributed by atoms with Crippen LogP contribution in [-0.4, -0.2) is 20.6 Å². The molecule has 1 N–H and O–H groups in total. The normalized spacial score (nSPS) is 10.7.